The van der Waals surface area contributed by atoms with Gasteiger partial charge in [-0.25, -0.2) is 9.97 Å². The highest BCUT2D eigenvalue weighted by Crippen LogP contribution is 2.63. The molecule has 0 N–H and O–H groups in total. The molecule has 4 aliphatic carbocycles. The Hall–Kier alpha value is -6.16. The van der Waals surface area contributed by atoms with Gasteiger partial charge in [-0.05, 0) is 123 Å². The van der Waals surface area contributed by atoms with Crippen LogP contribution in [-0.4, -0.2) is 9.97 Å². The molecule has 2 nitrogen and oxygen atoms in total. The predicted molar refractivity (Wildman–Crippen MR) is 255 cm³/mol. The Balaban J connectivity index is 0.962. The standard InChI is InChI=1S/C58H46N2S/c1-4-17-37(18-5-1)56-59-53(55-54(60-56)44-24-7-9-28-51(44)61-55)41-22-15-20-39(34-41)38-19-14-21-40(33-38)42-25-16-27-48-52(42)46-36-49-45(35-50(46)58(48)31-12-3-13-32-58)43-23-6-8-26-47(43)57(49)29-10-2-11-30-57/h1,4-9,14-28,33-36H,2-3,10-13,29-32H2. The molecular formula is C58H46N2S. The lowest BCUT2D eigenvalue weighted by molar-refractivity contribution is 0.350. The lowest BCUT2D eigenvalue weighted by atomic mass is 9.66. The van der Waals surface area contributed by atoms with E-state index < -0.39 is 0 Å². The highest BCUT2D eigenvalue weighted by Gasteiger charge is 2.49. The fraction of sp³-hybridized carbons (Fsp3) is 0.207. The van der Waals surface area contributed by atoms with Crippen molar-refractivity contribution in [2.75, 3.05) is 0 Å². The van der Waals surface area contributed by atoms with Gasteiger partial charge >= 0.3 is 0 Å². The number of rotatable bonds is 4. The van der Waals surface area contributed by atoms with Crippen molar-refractivity contribution in [1.82, 2.24) is 9.97 Å². The van der Waals surface area contributed by atoms with Gasteiger partial charge in [0, 0.05) is 32.0 Å². The van der Waals surface area contributed by atoms with E-state index in [1.54, 1.807) is 33.6 Å². The molecular weight excluding hydrogens is 757 g/mol. The first-order valence-corrected chi connectivity index (χ1v) is 23.4. The third-order valence-electron chi connectivity index (χ3n) is 15.1. The molecule has 0 atom stereocenters. The third-order valence-corrected chi connectivity index (χ3v) is 16.2. The first-order chi connectivity index (χ1) is 30.2. The molecule has 0 unspecified atom stereocenters. The summed E-state index contributed by atoms with van der Waals surface area (Å²) in [6, 6.07) is 59.5. The molecule has 13 rings (SSSR count). The van der Waals surface area contributed by atoms with Crippen LogP contribution in [0.2, 0.25) is 0 Å². The molecule has 2 spiro atoms. The van der Waals surface area contributed by atoms with Crippen molar-refractivity contribution in [3.8, 4) is 67.2 Å². The van der Waals surface area contributed by atoms with Crippen LogP contribution >= 0.6 is 11.3 Å². The van der Waals surface area contributed by atoms with Gasteiger partial charge in [-0.15, -0.1) is 11.3 Å². The normalized spacial score (nSPS) is 16.8. The predicted octanol–water partition coefficient (Wildman–Crippen LogP) is 16.0. The molecule has 2 fully saturated rings. The van der Waals surface area contributed by atoms with Crippen LogP contribution in [0.5, 0.6) is 0 Å². The number of hydrogen-bond donors (Lipinski definition) is 0. The van der Waals surface area contributed by atoms with E-state index in [-0.39, 0.29) is 10.8 Å². The summed E-state index contributed by atoms with van der Waals surface area (Å²) in [4.78, 5) is 10.5. The summed E-state index contributed by atoms with van der Waals surface area (Å²) >= 11 is 1.79. The Morgan fingerprint density at radius 1 is 0.393 bits per heavy atom. The SMILES string of the molecule is c1ccc(-c2nc(-c3cccc(-c4cccc(-c5cccc6c5-c5cc7c(cc5C65CCCCC5)-c5ccccc5C75CCCCC5)c4)c3)c3sc4ccccc4c3n2)cc1. The summed E-state index contributed by atoms with van der Waals surface area (Å²) < 4.78 is 2.36. The van der Waals surface area contributed by atoms with E-state index in [4.69, 9.17) is 9.97 Å². The van der Waals surface area contributed by atoms with Crippen LogP contribution in [0, 0.1) is 0 Å². The largest absolute Gasteiger partial charge is 0.226 e. The zero-order chi connectivity index (χ0) is 40.1. The van der Waals surface area contributed by atoms with Gasteiger partial charge in [-0.1, -0.05) is 166 Å². The van der Waals surface area contributed by atoms with Crippen LogP contribution in [0.25, 0.3) is 87.5 Å². The molecule has 2 saturated carbocycles. The van der Waals surface area contributed by atoms with Crippen LogP contribution < -0.4 is 0 Å². The van der Waals surface area contributed by atoms with Crippen LogP contribution in [-0.2, 0) is 10.8 Å². The van der Waals surface area contributed by atoms with E-state index in [0.717, 1.165) is 32.9 Å². The summed E-state index contributed by atoms with van der Waals surface area (Å²) in [6.45, 7) is 0. The second-order valence-electron chi connectivity index (χ2n) is 18.2. The van der Waals surface area contributed by atoms with E-state index >= 15 is 0 Å². The summed E-state index contributed by atoms with van der Waals surface area (Å²) in [5.74, 6) is 0.761. The third kappa shape index (κ3) is 5.26. The van der Waals surface area contributed by atoms with Gasteiger partial charge in [-0.2, -0.15) is 0 Å². The fourth-order valence-electron chi connectivity index (χ4n) is 12.3. The second-order valence-corrected chi connectivity index (χ2v) is 19.3. The van der Waals surface area contributed by atoms with Gasteiger partial charge in [0.25, 0.3) is 0 Å². The summed E-state index contributed by atoms with van der Waals surface area (Å²) in [5, 5.41) is 1.18. The van der Waals surface area contributed by atoms with E-state index in [0.29, 0.717) is 0 Å². The van der Waals surface area contributed by atoms with Crippen LogP contribution in [0.3, 0.4) is 0 Å². The molecule has 4 aliphatic rings. The number of thiophene rings is 1. The average molecular weight is 803 g/mol. The molecule has 0 amide bonds. The lowest BCUT2D eigenvalue weighted by Gasteiger charge is -2.37. The molecule has 0 aliphatic heterocycles. The monoisotopic (exact) mass is 802 g/mol. The van der Waals surface area contributed by atoms with E-state index in [1.807, 2.05) is 0 Å². The summed E-state index contributed by atoms with van der Waals surface area (Å²) in [6.07, 6.45) is 12.9. The maximum absolute atomic E-state index is 5.31. The van der Waals surface area contributed by atoms with Crippen LogP contribution in [0.15, 0.2) is 158 Å². The van der Waals surface area contributed by atoms with Gasteiger partial charge in [0.1, 0.15) is 0 Å². The molecule has 2 aromatic heterocycles. The molecule has 3 heteroatoms. The van der Waals surface area contributed by atoms with Crippen molar-refractivity contribution < 1.29 is 0 Å². The first kappa shape index (κ1) is 35.6. The minimum Gasteiger partial charge on any atom is -0.226 e. The Labute approximate surface area is 362 Å². The summed E-state index contributed by atoms with van der Waals surface area (Å²) in [5.41, 5.74) is 21.8. The molecule has 2 heterocycles. The van der Waals surface area contributed by atoms with Crippen molar-refractivity contribution >= 4 is 31.6 Å². The lowest BCUT2D eigenvalue weighted by Crippen LogP contribution is -2.29. The van der Waals surface area contributed by atoms with Crippen molar-refractivity contribution in [2.24, 2.45) is 0 Å². The fourth-order valence-corrected chi connectivity index (χ4v) is 13.5. The second kappa shape index (κ2) is 13.7. The van der Waals surface area contributed by atoms with Gasteiger partial charge < -0.3 is 0 Å². The first-order valence-electron chi connectivity index (χ1n) is 22.6. The van der Waals surface area contributed by atoms with Gasteiger partial charge in [0.2, 0.25) is 0 Å². The number of hydrogen-bond acceptors (Lipinski definition) is 3. The Bertz CT molecular complexity index is 3210. The Morgan fingerprint density at radius 2 is 0.967 bits per heavy atom. The Kier molecular flexibility index (Phi) is 7.98. The Morgan fingerprint density at radius 3 is 1.77 bits per heavy atom. The topological polar surface area (TPSA) is 25.8 Å². The van der Waals surface area contributed by atoms with Crippen molar-refractivity contribution in [1.29, 1.82) is 0 Å². The van der Waals surface area contributed by atoms with Crippen molar-refractivity contribution in [2.45, 2.75) is 75.0 Å². The highest BCUT2D eigenvalue weighted by atomic mass is 32.1. The van der Waals surface area contributed by atoms with E-state index in [1.165, 1.54) is 119 Å². The minimum absolute atomic E-state index is 0.0746. The van der Waals surface area contributed by atoms with E-state index in [2.05, 4.69) is 158 Å². The van der Waals surface area contributed by atoms with Gasteiger partial charge in [0.15, 0.2) is 5.82 Å². The molecule has 0 radical (unpaired) electrons. The quantitative estimate of drug-likeness (QED) is 0.177. The molecule has 0 saturated heterocycles. The van der Waals surface area contributed by atoms with Crippen molar-refractivity contribution in [3.05, 3.63) is 180 Å². The smallest absolute Gasteiger partial charge is 0.160 e. The van der Waals surface area contributed by atoms with E-state index in [9.17, 15) is 0 Å². The average Bonchev–Trinajstić information content (AvgIpc) is 3.93. The van der Waals surface area contributed by atoms with Crippen LogP contribution in [0.4, 0.5) is 0 Å². The summed E-state index contributed by atoms with van der Waals surface area (Å²) in [7, 11) is 0. The molecule has 61 heavy (non-hydrogen) atoms. The van der Waals surface area contributed by atoms with Gasteiger partial charge in [-0.3, -0.25) is 0 Å². The molecule has 7 aromatic carbocycles. The number of aromatic nitrogens is 2. The maximum Gasteiger partial charge on any atom is 0.160 e. The molecule has 0 bridgehead atoms. The van der Waals surface area contributed by atoms with Crippen molar-refractivity contribution in [3.63, 3.8) is 0 Å². The van der Waals surface area contributed by atoms with Gasteiger partial charge in [0.05, 0.1) is 15.9 Å². The number of benzene rings is 7. The molecule has 9 aromatic rings. The molecule has 294 valence electrons. The zero-order valence-corrected chi connectivity index (χ0v) is 35.2. The highest BCUT2D eigenvalue weighted by molar-refractivity contribution is 7.26. The minimum atomic E-state index is 0.0746. The number of nitrogens with zero attached hydrogens (tertiary/aromatic N) is 2. The maximum atomic E-state index is 5.31. The zero-order valence-electron chi connectivity index (χ0n) is 34.4. The van der Waals surface area contributed by atoms with Crippen LogP contribution in [0.1, 0.15) is 86.5 Å². The number of fused-ring (bicyclic) bond motifs is 13.